The highest BCUT2D eigenvalue weighted by molar-refractivity contribution is 8.00. The van der Waals surface area contributed by atoms with Crippen LogP contribution in [0.25, 0.3) is 0 Å². The largest absolute Gasteiger partial charge is 0.326 e. The molecule has 0 heterocycles. The quantitative estimate of drug-likeness (QED) is 0.820. The van der Waals surface area contributed by atoms with E-state index >= 15 is 0 Å². The zero-order valence-electron chi connectivity index (χ0n) is 14.7. The van der Waals surface area contributed by atoms with E-state index in [4.69, 9.17) is 0 Å². The molecule has 0 saturated heterocycles. The molecule has 2 bridgehead atoms. The number of hydrogen-bond acceptors (Lipinski definition) is 3. The second-order valence-corrected chi connectivity index (χ2v) is 9.31. The van der Waals surface area contributed by atoms with E-state index in [2.05, 4.69) is 17.4 Å². The Morgan fingerprint density at radius 1 is 0.920 bits per heavy atom. The highest BCUT2D eigenvalue weighted by atomic mass is 32.2. The number of thioether (sulfide) groups is 1. The van der Waals surface area contributed by atoms with Crippen LogP contribution in [0.5, 0.6) is 0 Å². The molecule has 25 heavy (non-hydrogen) atoms. The summed E-state index contributed by atoms with van der Waals surface area (Å²) in [5.41, 5.74) is 0.878. The van der Waals surface area contributed by atoms with Gasteiger partial charge in [-0.25, -0.2) is 0 Å². The summed E-state index contributed by atoms with van der Waals surface area (Å²) in [5.74, 6) is 0.784. The first-order valence-electron chi connectivity index (χ1n) is 9.80. The average molecular weight is 358 g/mol. The predicted molar refractivity (Wildman–Crippen MR) is 102 cm³/mol. The molecule has 2 atom stereocenters. The van der Waals surface area contributed by atoms with E-state index in [0.29, 0.717) is 5.78 Å². The van der Waals surface area contributed by atoms with Crippen molar-refractivity contribution >= 4 is 29.1 Å². The Morgan fingerprint density at radius 3 is 2.20 bits per heavy atom. The van der Waals surface area contributed by atoms with Crippen molar-refractivity contribution in [3.05, 3.63) is 24.3 Å². The highest BCUT2D eigenvalue weighted by Crippen LogP contribution is 2.40. The monoisotopic (exact) mass is 357 g/mol. The number of fused-ring (bicyclic) bond motifs is 2. The summed E-state index contributed by atoms with van der Waals surface area (Å²) in [5, 5.41) is 3.84. The van der Waals surface area contributed by atoms with Crippen LogP contribution >= 0.6 is 11.8 Å². The summed E-state index contributed by atoms with van der Waals surface area (Å²) >= 11 is 1.97. The minimum absolute atomic E-state index is 0.000500. The number of benzene rings is 1. The molecule has 1 amide bonds. The van der Waals surface area contributed by atoms with Crippen LogP contribution in [0.4, 0.5) is 5.69 Å². The number of Topliss-reactive ketones (excluding diaryl/α,β-unsaturated/α-hetero) is 1. The molecule has 1 N–H and O–H groups in total. The van der Waals surface area contributed by atoms with Gasteiger partial charge >= 0.3 is 0 Å². The highest BCUT2D eigenvalue weighted by Gasteiger charge is 2.41. The molecule has 0 spiro atoms. The fourth-order valence-corrected chi connectivity index (χ4v) is 6.00. The fourth-order valence-electron chi connectivity index (χ4n) is 4.75. The predicted octanol–water partition coefficient (Wildman–Crippen LogP) is 5.06. The van der Waals surface area contributed by atoms with Crippen LogP contribution in [0.15, 0.2) is 29.2 Å². The Bertz CT molecular complexity index is 620. The molecule has 134 valence electrons. The van der Waals surface area contributed by atoms with Crippen molar-refractivity contribution in [3.63, 3.8) is 0 Å². The van der Waals surface area contributed by atoms with Crippen molar-refractivity contribution in [3.8, 4) is 0 Å². The van der Waals surface area contributed by atoms with Crippen molar-refractivity contribution in [1.29, 1.82) is 0 Å². The van der Waals surface area contributed by atoms with Gasteiger partial charge in [-0.3, -0.25) is 9.59 Å². The van der Waals surface area contributed by atoms with Gasteiger partial charge in [0, 0.05) is 33.6 Å². The number of carbonyl (C=O) groups is 2. The van der Waals surface area contributed by atoms with Gasteiger partial charge in [0.2, 0.25) is 5.91 Å². The Balaban J connectivity index is 1.33. The molecule has 1 aromatic rings. The van der Waals surface area contributed by atoms with Gasteiger partial charge in [-0.15, -0.1) is 11.8 Å². The third-order valence-electron chi connectivity index (χ3n) is 6.15. The molecule has 0 aromatic heterocycles. The van der Waals surface area contributed by atoms with Crippen LogP contribution in [0.2, 0.25) is 0 Å². The van der Waals surface area contributed by atoms with Crippen LogP contribution < -0.4 is 5.32 Å². The summed E-state index contributed by atoms with van der Waals surface area (Å²) < 4.78 is 0. The molecule has 3 aliphatic carbocycles. The topological polar surface area (TPSA) is 46.2 Å². The summed E-state index contributed by atoms with van der Waals surface area (Å²) in [6.45, 7) is 0. The van der Waals surface area contributed by atoms with Gasteiger partial charge < -0.3 is 5.32 Å². The van der Waals surface area contributed by atoms with Gasteiger partial charge in [0.05, 0.1) is 0 Å². The van der Waals surface area contributed by atoms with Gasteiger partial charge in [0.15, 0.2) is 0 Å². The first kappa shape index (κ1) is 17.1. The van der Waals surface area contributed by atoms with Crippen molar-refractivity contribution in [2.75, 3.05) is 5.32 Å². The second-order valence-electron chi connectivity index (χ2n) is 7.93. The number of carbonyl (C=O) groups excluding carboxylic acids is 2. The lowest BCUT2D eigenvalue weighted by molar-refractivity contribution is -0.136. The van der Waals surface area contributed by atoms with Gasteiger partial charge in [0.25, 0.3) is 0 Å². The van der Waals surface area contributed by atoms with E-state index < -0.39 is 0 Å². The molecular weight excluding hydrogens is 330 g/mol. The maximum atomic E-state index is 12.6. The van der Waals surface area contributed by atoms with E-state index in [9.17, 15) is 9.59 Å². The van der Waals surface area contributed by atoms with Crippen molar-refractivity contribution in [2.45, 2.75) is 67.9 Å². The fraction of sp³-hybridized carbons (Fsp3) is 0.619. The maximum Gasteiger partial charge on any atom is 0.227 e. The van der Waals surface area contributed by atoms with E-state index in [1.54, 1.807) is 0 Å². The smallest absolute Gasteiger partial charge is 0.227 e. The lowest BCUT2D eigenvalue weighted by atomic mass is 9.67. The Kier molecular flexibility index (Phi) is 5.16. The third-order valence-corrected chi connectivity index (χ3v) is 7.49. The molecule has 4 heteroatoms. The van der Waals surface area contributed by atoms with Crippen molar-refractivity contribution in [1.82, 2.24) is 0 Å². The van der Waals surface area contributed by atoms with E-state index in [1.165, 1.54) is 30.6 Å². The zero-order valence-corrected chi connectivity index (χ0v) is 15.5. The third kappa shape index (κ3) is 3.94. The Labute approximate surface area is 154 Å². The lowest BCUT2D eigenvalue weighted by Gasteiger charge is -2.36. The molecule has 0 radical (unpaired) electrons. The number of anilines is 1. The van der Waals surface area contributed by atoms with E-state index in [-0.39, 0.29) is 23.7 Å². The van der Waals surface area contributed by atoms with Gasteiger partial charge in [0.1, 0.15) is 5.78 Å². The molecular formula is C21H27NO2S. The number of hydrogen-bond donors (Lipinski definition) is 1. The first-order chi connectivity index (χ1) is 12.2. The van der Waals surface area contributed by atoms with Gasteiger partial charge in [-0.05, 0) is 62.8 Å². The van der Waals surface area contributed by atoms with Crippen LogP contribution in [-0.2, 0) is 9.59 Å². The van der Waals surface area contributed by atoms with E-state index in [0.717, 1.165) is 43.0 Å². The molecule has 1 aromatic carbocycles. The molecule has 3 nitrogen and oxygen atoms in total. The standard InChI is InChI=1S/C21H27NO2S/c23-20-14-4-3-5-15(20)13-16(12-14)21(24)22-17-8-10-19(11-9-17)25-18-6-1-2-7-18/h8-11,14-16,18H,1-7,12-13H2,(H,22,24). The average Bonchev–Trinajstić information content (AvgIpc) is 3.09. The normalized spacial score (nSPS) is 29.6. The summed E-state index contributed by atoms with van der Waals surface area (Å²) in [7, 11) is 0. The van der Waals surface area contributed by atoms with Crippen LogP contribution in [0, 0.1) is 17.8 Å². The molecule has 0 aliphatic heterocycles. The van der Waals surface area contributed by atoms with Crippen molar-refractivity contribution in [2.24, 2.45) is 17.8 Å². The number of amides is 1. The minimum Gasteiger partial charge on any atom is -0.326 e. The van der Waals surface area contributed by atoms with Gasteiger partial charge in [-0.1, -0.05) is 19.3 Å². The first-order valence-corrected chi connectivity index (χ1v) is 10.7. The summed E-state index contributed by atoms with van der Waals surface area (Å²) in [6, 6.07) is 8.28. The van der Waals surface area contributed by atoms with Crippen LogP contribution in [-0.4, -0.2) is 16.9 Å². The molecule has 3 aliphatic rings. The maximum absolute atomic E-state index is 12.6. The summed E-state index contributed by atoms with van der Waals surface area (Å²) in [6.07, 6.45) is 9.97. The summed E-state index contributed by atoms with van der Waals surface area (Å²) in [4.78, 5) is 26.1. The van der Waals surface area contributed by atoms with Crippen LogP contribution in [0.1, 0.15) is 57.8 Å². The molecule has 2 unspecified atom stereocenters. The van der Waals surface area contributed by atoms with Gasteiger partial charge in [-0.2, -0.15) is 0 Å². The van der Waals surface area contributed by atoms with E-state index in [1.807, 2.05) is 23.9 Å². The number of nitrogens with one attached hydrogen (secondary N) is 1. The Morgan fingerprint density at radius 2 is 1.56 bits per heavy atom. The van der Waals surface area contributed by atoms with Crippen molar-refractivity contribution < 1.29 is 9.59 Å². The zero-order chi connectivity index (χ0) is 17.2. The minimum atomic E-state index is 0.000500. The van der Waals surface area contributed by atoms with Crippen LogP contribution in [0.3, 0.4) is 0 Å². The number of rotatable bonds is 4. The lowest BCUT2D eigenvalue weighted by Crippen LogP contribution is -2.40. The molecule has 3 saturated carbocycles. The second kappa shape index (κ2) is 7.53. The Hall–Kier alpha value is -1.29. The number of ketones is 1. The SMILES string of the molecule is O=C(Nc1ccc(SC2CCCC2)cc1)C1CC2CCCC(C1)C2=O. The molecule has 3 fully saturated rings. The molecule has 4 rings (SSSR count).